The van der Waals surface area contributed by atoms with Gasteiger partial charge in [0.15, 0.2) is 11.5 Å². The second-order valence-electron chi connectivity index (χ2n) is 7.41. The summed E-state index contributed by atoms with van der Waals surface area (Å²) < 4.78 is 17.1. The predicted molar refractivity (Wildman–Crippen MR) is 126 cm³/mol. The van der Waals surface area contributed by atoms with E-state index in [1.165, 1.54) is 0 Å². The lowest BCUT2D eigenvalue weighted by Crippen LogP contribution is -2.03. The largest absolute Gasteiger partial charge is 0.496 e. The Kier molecular flexibility index (Phi) is 6.73. The number of rotatable bonds is 8. The first-order valence-electron chi connectivity index (χ1n) is 10.5. The van der Waals surface area contributed by atoms with Crippen LogP contribution in [-0.4, -0.2) is 19.3 Å². The number of benzene rings is 4. The monoisotopic (exact) mass is 426 g/mol. The van der Waals surface area contributed by atoms with Gasteiger partial charge in [0, 0.05) is 5.56 Å². The molecule has 0 radical (unpaired) electrons. The standard InChI is InChI=1S/C28H26O4/c1-30-26-17-22(13-15-24(26)21-11-7-4-8-12-21)28(29)23-14-16-25(27(18-23)31-2)32-19-20-9-5-3-6-10-20/h3-18,28-29H,19H2,1-2H3. The average Bonchev–Trinajstić information content (AvgIpc) is 2.87. The molecule has 1 unspecified atom stereocenters. The molecule has 1 N–H and O–H groups in total. The Labute approximate surface area is 188 Å². The molecule has 4 aromatic carbocycles. The lowest BCUT2D eigenvalue weighted by atomic mass is 9.97. The number of aliphatic hydroxyl groups is 1. The maximum Gasteiger partial charge on any atom is 0.161 e. The Hall–Kier alpha value is -3.76. The third-order valence-corrected chi connectivity index (χ3v) is 5.37. The van der Waals surface area contributed by atoms with E-state index in [-0.39, 0.29) is 0 Å². The molecule has 4 heteroatoms. The van der Waals surface area contributed by atoms with Crippen molar-refractivity contribution in [2.75, 3.05) is 14.2 Å². The SMILES string of the molecule is COc1cc(C(O)c2ccc(-c3ccccc3)c(OC)c2)ccc1OCc1ccccc1. The van der Waals surface area contributed by atoms with Crippen molar-refractivity contribution in [3.8, 4) is 28.4 Å². The van der Waals surface area contributed by atoms with Gasteiger partial charge in [-0.1, -0.05) is 78.9 Å². The fourth-order valence-electron chi connectivity index (χ4n) is 3.64. The van der Waals surface area contributed by atoms with Crippen LogP contribution in [-0.2, 0) is 6.61 Å². The number of hydrogen-bond acceptors (Lipinski definition) is 4. The minimum atomic E-state index is -0.828. The number of aliphatic hydroxyl groups excluding tert-OH is 1. The minimum Gasteiger partial charge on any atom is -0.496 e. The molecule has 0 spiro atoms. The van der Waals surface area contributed by atoms with Gasteiger partial charge in [-0.05, 0) is 40.5 Å². The van der Waals surface area contributed by atoms with Crippen LogP contribution in [0, 0.1) is 0 Å². The Morgan fingerprint density at radius 3 is 1.91 bits per heavy atom. The van der Waals surface area contributed by atoms with E-state index in [0.717, 1.165) is 22.3 Å². The summed E-state index contributed by atoms with van der Waals surface area (Å²) in [5.74, 6) is 1.91. The van der Waals surface area contributed by atoms with E-state index >= 15 is 0 Å². The molecule has 0 amide bonds. The number of methoxy groups -OCH3 is 2. The van der Waals surface area contributed by atoms with Gasteiger partial charge in [-0.3, -0.25) is 0 Å². The number of ether oxygens (including phenoxy) is 3. The first kappa shape index (κ1) is 21.5. The van der Waals surface area contributed by atoms with Crippen molar-refractivity contribution >= 4 is 0 Å². The van der Waals surface area contributed by atoms with Gasteiger partial charge in [0.2, 0.25) is 0 Å². The van der Waals surface area contributed by atoms with Gasteiger partial charge in [-0.15, -0.1) is 0 Å². The van der Waals surface area contributed by atoms with Gasteiger partial charge >= 0.3 is 0 Å². The maximum atomic E-state index is 11.0. The van der Waals surface area contributed by atoms with Crippen LogP contribution in [0.15, 0.2) is 97.1 Å². The van der Waals surface area contributed by atoms with Crippen molar-refractivity contribution in [3.05, 3.63) is 114 Å². The zero-order chi connectivity index (χ0) is 22.3. The molecule has 0 fully saturated rings. The highest BCUT2D eigenvalue weighted by Crippen LogP contribution is 2.36. The van der Waals surface area contributed by atoms with E-state index in [0.29, 0.717) is 29.4 Å². The predicted octanol–water partition coefficient (Wildman–Crippen LogP) is 6.03. The van der Waals surface area contributed by atoms with E-state index in [9.17, 15) is 5.11 Å². The van der Waals surface area contributed by atoms with Crippen molar-refractivity contribution < 1.29 is 19.3 Å². The third kappa shape index (κ3) is 4.76. The molecule has 162 valence electrons. The van der Waals surface area contributed by atoms with E-state index in [2.05, 4.69) is 0 Å². The summed E-state index contributed by atoms with van der Waals surface area (Å²) in [4.78, 5) is 0. The van der Waals surface area contributed by atoms with E-state index < -0.39 is 6.10 Å². The molecule has 0 bridgehead atoms. The van der Waals surface area contributed by atoms with Crippen molar-refractivity contribution in [2.24, 2.45) is 0 Å². The number of hydrogen-bond donors (Lipinski definition) is 1. The van der Waals surface area contributed by atoms with E-state index in [1.54, 1.807) is 14.2 Å². The maximum absolute atomic E-state index is 11.0. The van der Waals surface area contributed by atoms with Crippen LogP contribution in [0.1, 0.15) is 22.8 Å². The normalized spacial score (nSPS) is 11.6. The molecule has 0 aliphatic carbocycles. The summed E-state index contributed by atoms with van der Waals surface area (Å²) in [6.07, 6.45) is -0.828. The Balaban J connectivity index is 1.56. The molecule has 32 heavy (non-hydrogen) atoms. The van der Waals surface area contributed by atoms with Gasteiger partial charge in [-0.25, -0.2) is 0 Å². The second kappa shape index (κ2) is 10.0. The zero-order valence-corrected chi connectivity index (χ0v) is 18.2. The highest BCUT2D eigenvalue weighted by Gasteiger charge is 2.17. The summed E-state index contributed by atoms with van der Waals surface area (Å²) in [6, 6.07) is 31.2. The molecular weight excluding hydrogens is 400 g/mol. The molecular formula is C28H26O4. The van der Waals surface area contributed by atoms with E-state index in [4.69, 9.17) is 14.2 Å². The van der Waals surface area contributed by atoms with Crippen LogP contribution >= 0.6 is 0 Å². The highest BCUT2D eigenvalue weighted by atomic mass is 16.5. The smallest absolute Gasteiger partial charge is 0.161 e. The zero-order valence-electron chi connectivity index (χ0n) is 18.2. The molecule has 4 nitrogen and oxygen atoms in total. The lowest BCUT2D eigenvalue weighted by molar-refractivity contribution is 0.218. The summed E-state index contributed by atoms with van der Waals surface area (Å²) in [5.41, 5.74) is 4.56. The van der Waals surface area contributed by atoms with Crippen LogP contribution < -0.4 is 14.2 Å². The van der Waals surface area contributed by atoms with Gasteiger partial charge < -0.3 is 19.3 Å². The van der Waals surface area contributed by atoms with Crippen LogP contribution in [0.5, 0.6) is 17.2 Å². The molecule has 0 aliphatic rings. The molecule has 4 rings (SSSR count). The molecule has 0 saturated heterocycles. The minimum absolute atomic E-state index is 0.442. The summed E-state index contributed by atoms with van der Waals surface area (Å²) in [7, 11) is 3.23. The fourth-order valence-corrected chi connectivity index (χ4v) is 3.64. The molecule has 0 aliphatic heterocycles. The Morgan fingerprint density at radius 1 is 0.656 bits per heavy atom. The Morgan fingerprint density at radius 2 is 1.25 bits per heavy atom. The van der Waals surface area contributed by atoms with Crippen molar-refractivity contribution in [3.63, 3.8) is 0 Å². The fraction of sp³-hybridized carbons (Fsp3) is 0.143. The lowest BCUT2D eigenvalue weighted by Gasteiger charge is -2.17. The third-order valence-electron chi connectivity index (χ3n) is 5.37. The topological polar surface area (TPSA) is 47.9 Å². The van der Waals surface area contributed by atoms with Crippen molar-refractivity contribution in [1.82, 2.24) is 0 Å². The van der Waals surface area contributed by atoms with Gasteiger partial charge in [-0.2, -0.15) is 0 Å². The van der Waals surface area contributed by atoms with Crippen LogP contribution in [0.3, 0.4) is 0 Å². The molecule has 0 heterocycles. The van der Waals surface area contributed by atoms with Crippen molar-refractivity contribution in [1.29, 1.82) is 0 Å². The molecule has 1 atom stereocenters. The second-order valence-corrected chi connectivity index (χ2v) is 7.41. The highest BCUT2D eigenvalue weighted by molar-refractivity contribution is 5.71. The first-order chi connectivity index (χ1) is 15.7. The molecule has 0 saturated carbocycles. The first-order valence-corrected chi connectivity index (χ1v) is 10.5. The van der Waals surface area contributed by atoms with Crippen molar-refractivity contribution in [2.45, 2.75) is 12.7 Å². The van der Waals surface area contributed by atoms with Gasteiger partial charge in [0.05, 0.1) is 14.2 Å². The summed E-state index contributed by atoms with van der Waals surface area (Å²) >= 11 is 0. The van der Waals surface area contributed by atoms with E-state index in [1.807, 2.05) is 97.1 Å². The van der Waals surface area contributed by atoms with Gasteiger partial charge in [0.25, 0.3) is 0 Å². The van der Waals surface area contributed by atoms with Crippen LogP contribution in [0.2, 0.25) is 0 Å². The molecule has 0 aromatic heterocycles. The average molecular weight is 427 g/mol. The Bertz CT molecular complexity index is 1160. The van der Waals surface area contributed by atoms with Gasteiger partial charge in [0.1, 0.15) is 18.5 Å². The summed E-state index contributed by atoms with van der Waals surface area (Å²) in [5, 5.41) is 11.0. The van der Waals surface area contributed by atoms with Crippen LogP contribution in [0.4, 0.5) is 0 Å². The van der Waals surface area contributed by atoms with Crippen LogP contribution in [0.25, 0.3) is 11.1 Å². The summed E-state index contributed by atoms with van der Waals surface area (Å²) in [6.45, 7) is 0.442. The molecule has 4 aromatic rings. The quantitative estimate of drug-likeness (QED) is 0.374.